The highest BCUT2D eigenvalue weighted by Gasteiger charge is 2.34. The van der Waals surface area contributed by atoms with E-state index in [1.54, 1.807) is 31.2 Å². The number of rotatable bonds is 4. The average molecular weight is 369 g/mol. The predicted octanol–water partition coefficient (Wildman–Crippen LogP) is 3.09. The van der Waals surface area contributed by atoms with Crippen molar-refractivity contribution >= 4 is 23.4 Å². The Morgan fingerprint density at radius 3 is 2.44 bits per heavy atom. The van der Waals surface area contributed by atoms with Gasteiger partial charge in [0.15, 0.2) is 5.78 Å². The molecule has 27 heavy (non-hydrogen) atoms. The molecule has 1 aliphatic carbocycles. The molecule has 0 saturated carbocycles. The topological polar surface area (TPSA) is 72.9 Å². The van der Waals surface area contributed by atoms with Crippen molar-refractivity contribution in [2.24, 2.45) is 0 Å². The number of esters is 2. The number of Topliss-reactive ketones (excluding diaryl/α,β-unsaturated/α-hetero) is 1. The van der Waals surface area contributed by atoms with Crippen LogP contribution in [0.25, 0.3) is 5.70 Å². The molecular formula is C21H23NO5. The number of allylic oxidation sites excluding steroid dienone is 2. The van der Waals surface area contributed by atoms with Crippen molar-refractivity contribution in [1.29, 1.82) is 0 Å². The number of methoxy groups -OCH3 is 1. The van der Waals surface area contributed by atoms with Gasteiger partial charge >= 0.3 is 11.9 Å². The van der Waals surface area contributed by atoms with Crippen molar-refractivity contribution in [2.45, 2.75) is 32.6 Å². The second-order valence-electron chi connectivity index (χ2n) is 6.55. The van der Waals surface area contributed by atoms with E-state index < -0.39 is 11.9 Å². The van der Waals surface area contributed by atoms with Gasteiger partial charge in [0, 0.05) is 31.2 Å². The summed E-state index contributed by atoms with van der Waals surface area (Å²) in [5.74, 6) is -0.729. The van der Waals surface area contributed by atoms with Crippen LogP contribution in [0.4, 0.5) is 0 Å². The van der Waals surface area contributed by atoms with E-state index in [2.05, 4.69) is 0 Å². The van der Waals surface area contributed by atoms with Gasteiger partial charge in [-0.15, -0.1) is 0 Å². The summed E-state index contributed by atoms with van der Waals surface area (Å²) in [6, 6.07) is 6.91. The maximum absolute atomic E-state index is 12.6. The molecule has 0 radical (unpaired) electrons. The van der Waals surface area contributed by atoms with Crippen molar-refractivity contribution in [1.82, 2.24) is 4.90 Å². The van der Waals surface area contributed by atoms with Crippen LogP contribution in [0.15, 0.2) is 41.1 Å². The van der Waals surface area contributed by atoms with Gasteiger partial charge in [0.1, 0.15) is 0 Å². The van der Waals surface area contributed by atoms with E-state index in [0.29, 0.717) is 23.1 Å². The summed E-state index contributed by atoms with van der Waals surface area (Å²) in [6.45, 7) is 2.02. The van der Waals surface area contributed by atoms with E-state index in [-0.39, 0.29) is 18.8 Å². The summed E-state index contributed by atoms with van der Waals surface area (Å²) in [5.41, 5.74) is 4.09. The lowest BCUT2D eigenvalue weighted by molar-refractivity contribution is -0.138. The van der Waals surface area contributed by atoms with Crippen LogP contribution in [-0.4, -0.2) is 43.4 Å². The molecule has 0 atom stereocenters. The van der Waals surface area contributed by atoms with Gasteiger partial charge in [0.2, 0.25) is 0 Å². The third-order valence-corrected chi connectivity index (χ3v) is 4.98. The highest BCUT2D eigenvalue weighted by Crippen LogP contribution is 2.40. The summed E-state index contributed by atoms with van der Waals surface area (Å²) >= 11 is 0. The van der Waals surface area contributed by atoms with Gasteiger partial charge in [-0.3, -0.25) is 4.79 Å². The monoisotopic (exact) mass is 369 g/mol. The van der Waals surface area contributed by atoms with Crippen molar-refractivity contribution in [3.63, 3.8) is 0 Å². The Kier molecular flexibility index (Phi) is 5.44. The lowest BCUT2D eigenvalue weighted by Crippen LogP contribution is -2.31. The maximum atomic E-state index is 12.6. The van der Waals surface area contributed by atoms with Crippen molar-refractivity contribution < 1.29 is 23.9 Å². The third-order valence-electron chi connectivity index (χ3n) is 4.98. The molecule has 3 rings (SSSR count). The molecule has 0 spiro atoms. The van der Waals surface area contributed by atoms with Crippen LogP contribution < -0.4 is 0 Å². The van der Waals surface area contributed by atoms with E-state index in [9.17, 15) is 14.4 Å². The van der Waals surface area contributed by atoms with Gasteiger partial charge in [-0.1, -0.05) is 12.1 Å². The Hall–Kier alpha value is -2.89. The van der Waals surface area contributed by atoms with E-state index >= 15 is 0 Å². The molecule has 0 fully saturated rings. The van der Waals surface area contributed by atoms with Gasteiger partial charge in [0.05, 0.1) is 30.6 Å². The number of hydrogen-bond acceptors (Lipinski definition) is 6. The summed E-state index contributed by atoms with van der Waals surface area (Å²) < 4.78 is 9.98. The van der Waals surface area contributed by atoms with E-state index in [1.807, 2.05) is 11.9 Å². The average Bonchev–Trinajstić information content (AvgIpc) is 2.68. The molecule has 1 heterocycles. The second kappa shape index (κ2) is 7.78. The molecule has 0 amide bonds. The fraction of sp³-hybridized carbons (Fsp3) is 0.381. The molecule has 2 aliphatic rings. The zero-order valence-corrected chi connectivity index (χ0v) is 15.8. The number of carbonyl (C=O) groups excluding carboxylic acids is 3. The lowest BCUT2D eigenvalue weighted by atomic mass is 9.84. The van der Waals surface area contributed by atoms with E-state index in [0.717, 1.165) is 29.8 Å². The van der Waals surface area contributed by atoms with Crippen LogP contribution in [-0.2, 0) is 19.1 Å². The molecular weight excluding hydrogens is 346 g/mol. The Morgan fingerprint density at radius 2 is 1.81 bits per heavy atom. The summed E-state index contributed by atoms with van der Waals surface area (Å²) in [6.07, 6.45) is 2.42. The zero-order valence-electron chi connectivity index (χ0n) is 15.8. The fourth-order valence-corrected chi connectivity index (χ4v) is 3.68. The third kappa shape index (κ3) is 3.52. The second-order valence-corrected chi connectivity index (χ2v) is 6.55. The minimum absolute atomic E-state index is 0.102. The van der Waals surface area contributed by atoms with Gasteiger partial charge in [-0.2, -0.15) is 0 Å². The Balaban J connectivity index is 2.07. The molecule has 0 N–H and O–H groups in total. The van der Waals surface area contributed by atoms with Crippen LogP contribution in [0, 0.1) is 0 Å². The summed E-state index contributed by atoms with van der Waals surface area (Å²) in [4.78, 5) is 38.6. The standard InChI is InChI=1S/C21H23NO5/c1-4-27-21(25)16-12-15-17(6-5-7-18(15)23)22(2)19(16)13-8-10-14(11-9-13)20(24)26-3/h8-11H,4-7,12H2,1-3H3. The first-order valence-corrected chi connectivity index (χ1v) is 9.05. The summed E-state index contributed by atoms with van der Waals surface area (Å²) in [7, 11) is 3.20. The number of benzene rings is 1. The van der Waals surface area contributed by atoms with Crippen LogP contribution >= 0.6 is 0 Å². The van der Waals surface area contributed by atoms with Crippen molar-refractivity contribution in [3.8, 4) is 0 Å². The number of hydrogen-bond donors (Lipinski definition) is 0. The molecule has 1 aromatic rings. The first kappa shape index (κ1) is 18.9. The highest BCUT2D eigenvalue weighted by molar-refractivity contribution is 6.05. The Labute approximate surface area is 158 Å². The van der Waals surface area contributed by atoms with Crippen LogP contribution in [0.2, 0.25) is 0 Å². The van der Waals surface area contributed by atoms with Crippen LogP contribution in [0.5, 0.6) is 0 Å². The Morgan fingerprint density at radius 1 is 1.11 bits per heavy atom. The number of ether oxygens (including phenoxy) is 2. The predicted molar refractivity (Wildman–Crippen MR) is 99.6 cm³/mol. The minimum atomic E-state index is -0.416. The van der Waals surface area contributed by atoms with Gasteiger partial charge in [-0.25, -0.2) is 9.59 Å². The smallest absolute Gasteiger partial charge is 0.337 e. The maximum Gasteiger partial charge on any atom is 0.337 e. The SMILES string of the molecule is CCOC(=O)C1=C(c2ccc(C(=O)OC)cc2)N(C)C2=C(C1)C(=O)CCC2. The molecule has 0 unspecified atom stereocenters. The number of carbonyl (C=O) groups is 3. The van der Waals surface area contributed by atoms with Crippen LogP contribution in [0.3, 0.4) is 0 Å². The largest absolute Gasteiger partial charge is 0.465 e. The zero-order chi connectivity index (χ0) is 19.6. The normalized spacial score (nSPS) is 17.0. The first-order chi connectivity index (χ1) is 13.0. The molecule has 0 aromatic heterocycles. The number of ketones is 1. The minimum Gasteiger partial charge on any atom is -0.465 e. The summed E-state index contributed by atoms with van der Waals surface area (Å²) in [5, 5.41) is 0. The van der Waals surface area contributed by atoms with Gasteiger partial charge in [0.25, 0.3) is 0 Å². The van der Waals surface area contributed by atoms with E-state index in [4.69, 9.17) is 9.47 Å². The molecule has 1 aliphatic heterocycles. The molecule has 6 heteroatoms. The number of nitrogens with zero attached hydrogens (tertiary/aromatic N) is 1. The van der Waals surface area contributed by atoms with E-state index in [1.165, 1.54) is 7.11 Å². The molecule has 0 saturated heterocycles. The molecule has 142 valence electrons. The first-order valence-electron chi connectivity index (χ1n) is 9.05. The van der Waals surface area contributed by atoms with Crippen molar-refractivity contribution in [3.05, 3.63) is 52.2 Å². The van der Waals surface area contributed by atoms with Gasteiger partial charge in [-0.05, 0) is 37.5 Å². The quantitative estimate of drug-likeness (QED) is 0.760. The van der Waals surface area contributed by atoms with Crippen LogP contribution in [0.1, 0.15) is 48.5 Å². The lowest BCUT2D eigenvalue weighted by Gasteiger charge is -2.36. The van der Waals surface area contributed by atoms with Gasteiger partial charge < -0.3 is 14.4 Å². The Bertz CT molecular complexity index is 848. The van der Waals surface area contributed by atoms with Crippen molar-refractivity contribution in [2.75, 3.05) is 20.8 Å². The molecule has 1 aromatic carbocycles. The highest BCUT2D eigenvalue weighted by atomic mass is 16.5. The molecule has 0 bridgehead atoms. The molecule has 6 nitrogen and oxygen atoms in total. The fourth-order valence-electron chi connectivity index (χ4n) is 3.68.